The number of carbonyl (C=O) groups excluding carboxylic acids is 2. The molecule has 0 bridgehead atoms. The van der Waals surface area contributed by atoms with Crippen molar-refractivity contribution in [2.45, 2.75) is 33.2 Å². The number of hydrogen-bond donors (Lipinski definition) is 1. The highest BCUT2D eigenvalue weighted by Crippen LogP contribution is 2.22. The van der Waals surface area contributed by atoms with Gasteiger partial charge in [-0.1, -0.05) is 13.8 Å². The first-order valence-corrected chi connectivity index (χ1v) is 11.0. The Labute approximate surface area is 180 Å². The Morgan fingerprint density at radius 1 is 1.13 bits per heavy atom. The number of likely N-dealkylation sites (tertiary alicyclic amines) is 1. The molecule has 1 aromatic carbocycles. The van der Waals surface area contributed by atoms with Crippen LogP contribution in [0.4, 0.5) is 11.4 Å². The maximum absolute atomic E-state index is 12.9. The predicted octanol–water partition coefficient (Wildman–Crippen LogP) is 2.29. The number of piperidine rings is 1. The van der Waals surface area contributed by atoms with Crippen molar-refractivity contribution in [3.05, 3.63) is 24.3 Å². The van der Waals surface area contributed by atoms with Crippen LogP contribution < -0.4 is 10.2 Å². The maximum Gasteiger partial charge on any atom is 0.239 e. The van der Waals surface area contributed by atoms with E-state index in [0.717, 1.165) is 50.8 Å². The number of nitrogens with one attached hydrogen (secondary N) is 1. The van der Waals surface area contributed by atoms with Crippen LogP contribution in [0, 0.1) is 11.8 Å². The molecule has 30 heavy (non-hydrogen) atoms. The van der Waals surface area contributed by atoms with E-state index in [4.69, 9.17) is 4.74 Å². The van der Waals surface area contributed by atoms with E-state index in [2.05, 4.69) is 24.1 Å². The molecule has 0 aliphatic carbocycles. The summed E-state index contributed by atoms with van der Waals surface area (Å²) in [7, 11) is 1.83. The fourth-order valence-electron chi connectivity index (χ4n) is 4.44. The van der Waals surface area contributed by atoms with Crippen molar-refractivity contribution >= 4 is 23.2 Å². The first-order valence-electron chi connectivity index (χ1n) is 11.0. The van der Waals surface area contributed by atoms with Crippen molar-refractivity contribution in [3.63, 3.8) is 0 Å². The molecule has 0 spiro atoms. The number of ether oxygens (including phenoxy) is 1. The van der Waals surface area contributed by atoms with Crippen LogP contribution in [0.5, 0.6) is 0 Å². The van der Waals surface area contributed by atoms with Gasteiger partial charge < -0.3 is 19.9 Å². The number of anilines is 2. The number of benzene rings is 1. The van der Waals surface area contributed by atoms with E-state index in [1.807, 2.05) is 48.0 Å². The maximum atomic E-state index is 12.9. The number of morpholine rings is 1. The van der Waals surface area contributed by atoms with Crippen LogP contribution in [-0.4, -0.2) is 80.6 Å². The summed E-state index contributed by atoms with van der Waals surface area (Å²) in [6.07, 6.45) is 1.17. The fraction of sp³-hybridized carbons (Fsp3) is 0.652. The zero-order valence-corrected chi connectivity index (χ0v) is 18.8. The van der Waals surface area contributed by atoms with Gasteiger partial charge in [0.25, 0.3) is 0 Å². The number of rotatable bonds is 6. The van der Waals surface area contributed by atoms with E-state index in [0.29, 0.717) is 11.8 Å². The molecule has 2 fully saturated rings. The largest absolute Gasteiger partial charge is 0.378 e. The molecule has 2 aliphatic heterocycles. The second-order valence-corrected chi connectivity index (χ2v) is 8.97. The van der Waals surface area contributed by atoms with Crippen LogP contribution in [-0.2, 0) is 14.3 Å². The zero-order chi connectivity index (χ0) is 21.7. The Morgan fingerprint density at radius 3 is 2.33 bits per heavy atom. The van der Waals surface area contributed by atoms with Crippen molar-refractivity contribution in [2.75, 3.05) is 63.2 Å². The molecule has 3 atom stereocenters. The Morgan fingerprint density at radius 2 is 1.73 bits per heavy atom. The van der Waals surface area contributed by atoms with Crippen LogP contribution in [0.1, 0.15) is 27.2 Å². The van der Waals surface area contributed by atoms with Crippen LogP contribution in [0.2, 0.25) is 0 Å². The van der Waals surface area contributed by atoms with Crippen molar-refractivity contribution < 1.29 is 14.3 Å². The molecule has 7 nitrogen and oxygen atoms in total. The third-order valence-electron chi connectivity index (χ3n) is 6.12. The standard InChI is InChI=1S/C23H36N4O3/c1-17-13-18(2)15-27(14-17)23(29)19(3)25(4)16-22(28)24-20-5-7-21(8-6-20)26-9-11-30-12-10-26/h5-8,17-19H,9-16H2,1-4H3,(H,24,28)/t17-,18-,19-/m1/s1. The molecule has 0 radical (unpaired) electrons. The summed E-state index contributed by atoms with van der Waals surface area (Å²) in [5, 5.41) is 2.94. The van der Waals surface area contributed by atoms with Gasteiger partial charge in [-0.3, -0.25) is 14.5 Å². The van der Waals surface area contributed by atoms with Crippen molar-refractivity contribution in [3.8, 4) is 0 Å². The van der Waals surface area contributed by atoms with Crippen LogP contribution in [0.3, 0.4) is 0 Å². The lowest BCUT2D eigenvalue weighted by atomic mass is 9.91. The van der Waals surface area contributed by atoms with Gasteiger partial charge in [-0.25, -0.2) is 0 Å². The molecule has 2 saturated heterocycles. The van der Waals surface area contributed by atoms with E-state index in [1.54, 1.807) is 0 Å². The summed E-state index contributed by atoms with van der Waals surface area (Å²) < 4.78 is 5.39. The van der Waals surface area contributed by atoms with Gasteiger partial charge in [0.05, 0.1) is 25.8 Å². The molecule has 3 rings (SSSR count). The number of amides is 2. The number of hydrogen-bond acceptors (Lipinski definition) is 5. The first kappa shape index (κ1) is 22.6. The van der Waals surface area contributed by atoms with Crippen molar-refractivity contribution in [2.24, 2.45) is 11.8 Å². The smallest absolute Gasteiger partial charge is 0.239 e. The molecule has 0 saturated carbocycles. The van der Waals surface area contributed by atoms with Gasteiger partial charge in [0.2, 0.25) is 11.8 Å². The predicted molar refractivity (Wildman–Crippen MR) is 120 cm³/mol. The van der Waals surface area contributed by atoms with Crippen LogP contribution in [0.25, 0.3) is 0 Å². The summed E-state index contributed by atoms with van der Waals surface area (Å²) >= 11 is 0. The normalized spacial score (nSPS) is 23.4. The molecule has 2 aliphatic rings. The van der Waals surface area contributed by atoms with Gasteiger partial charge in [0.15, 0.2) is 0 Å². The number of nitrogens with zero attached hydrogens (tertiary/aromatic N) is 3. The lowest BCUT2D eigenvalue weighted by Gasteiger charge is -2.38. The molecular weight excluding hydrogens is 380 g/mol. The van der Waals surface area contributed by atoms with Gasteiger partial charge in [-0.2, -0.15) is 0 Å². The molecule has 1 aromatic rings. The lowest BCUT2D eigenvalue weighted by molar-refractivity contribution is -0.139. The summed E-state index contributed by atoms with van der Waals surface area (Å²) in [4.78, 5) is 31.5. The minimum atomic E-state index is -0.322. The van der Waals surface area contributed by atoms with E-state index in [1.165, 1.54) is 6.42 Å². The zero-order valence-electron chi connectivity index (χ0n) is 18.8. The summed E-state index contributed by atoms with van der Waals surface area (Å²) in [6, 6.07) is 7.57. The van der Waals surface area contributed by atoms with Gasteiger partial charge in [-0.05, 0) is 56.5 Å². The second kappa shape index (κ2) is 10.3. The monoisotopic (exact) mass is 416 g/mol. The Bertz CT molecular complexity index is 708. The highest BCUT2D eigenvalue weighted by atomic mass is 16.5. The van der Waals surface area contributed by atoms with E-state index in [-0.39, 0.29) is 24.4 Å². The van der Waals surface area contributed by atoms with E-state index < -0.39 is 0 Å². The fourth-order valence-corrected chi connectivity index (χ4v) is 4.44. The first-order chi connectivity index (χ1) is 14.3. The minimum Gasteiger partial charge on any atom is -0.378 e. The summed E-state index contributed by atoms with van der Waals surface area (Å²) in [5.74, 6) is 1.05. The topological polar surface area (TPSA) is 65.1 Å². The Hall–Kier alpha value is -2.12. The van der Waals surface area contributed by atoms with Crippen LogP contribution in [0.15, 0.2) is 24.3 Å². The summed E-state index contributed by atoms with van der Waals surface area (Å²) in [6.45, 7) is 11.3. The summed E-state index contributed by atoms with van der Waals surface area (Å²) in [5.41, 5.74) is 1.90. The average Bonchev–Trinajstić information content (AvgIpc) is 2.73. The molecular formula is C23H36N4O3. The highest BCUT2D eigenvalue weighted by molar-refractivity contribution is 5.93. The van der Waals surface area contributed by atoms with Gasteiger partial charge in [-0.15, -0.1) is 0 Å². The Kier molecular flexibility index (Phi) is 7.72. The van der Waals surface area contributed by atoms with E-state index in [9.17, 15) is 9.59 Å². The Balaban J connectivity index is 1.49. The van der Waals surface area contributed by atoms with Gasteiger partial charge in [0.1, 0.15) is 0 Å². The third kappa shape index (κ3) is 5.95. The lowest BCUT2D eigenvalue weighted by Crippen LogP contribution is -2.51. The minimum absolute atomic E-state index is 0.110. The molecule has 1 N–H and O–H groups in total. The van der Waals surface area contributed by atoms with Gasteiger partial charge >= 0.3 is 0 Å². The van der Waals surface area contributed by atoms with Crippen molar-refractivity contribution in [1.29, 1.82) is 0 Å². The van der Waals surface area contributed by atoms with E-state index >= 15 is 0 Å². The molecule has 7 heteroatoms. The molecule has 2 heterocycles. The number of carbonyl (C=O) groups is 2. The second-order valence-electron chi connectivity index (χ2n) is 8.97. The quantitative estimate of drug-likeness (QED) is 0.771. The highest BCUT2D eigenvalue weighted by Gasteiger charge is 2.30. The van der Waals surface area contributed by atoms with Gasteiger partial charge in [0, 0.05) is 37.6 Å². The SMILES string of the molecule is C[C@@H]1C[C@@H](C)CN(C(=O)[C@@H](C)N(C)CC(=O)Nc2ccc(N3CCOCC3)cc2)C1. The van der Waals surface area contributed by atoms with Crippen LogP contribution >= 0.6 is 0 Å². The molecule has 0 unspecified atom stereocenters. The average molecular weight is 417 g/mol. The third-order valence-corrected chi connectivity index (χ3v) is 6.12. The number of likely N-dealkylation sites (N-methyl/N-ethyl adjacent to an activating group) is 1. The van der Waals surface area contributed by atoms with Crippen molar-refractivity contribution in [1.82, 2.24) is 9.80 Å². The molecule has 2 amide bonds. The molecule has 166 valence electrons. The molecule has 0 aromatic heterocycles.